The van der Waals surface area contributed by atoms with Gasteiger partial charge in [0.1, 0.15) is 18.4 Å². The summed E-state index contributed by atoms with van der Waals surface area (Å²) in [7, 11) is 0. The van der Waals surface area contributed by atoms with E-state index in [1.165, 1.54) is 6.07 Å². The Morgan fingerprint density at radius 1 is 1.29 bits per heavy atom. The maximum Gasteiger partial charge on any atom is 0.416 e. The molecule has 1 unspecified atom stereocenters. The van der Waals surface area contributed by atoms with Gasteiger partial charge >= 0.3 is 6.18 Å². The third kappa shape index (κ3) is 6.00. The summed E-state index contributed by atoms with van der Waals surface area (Å²) in [5, 5.41) is 3.24. The van der Waals surface area contributed by atoms with Gasteiger partial charge in [0.25, 0.3) is 0 Å². The Balaban J connectivity index is 1.74. The van der Waals surface area contributed by atoms with Crippen LogP contribution >= 0.6 is 0 Å². The maximum atomic E-state index is 13.1. The van der Waals surface area contributed by atoms with Gasteiger partial charge in [-0.15, -0.1) is 0 Å². The van der Waals surface area contributed by atoms with E-state index in [1.807, 2.05) is 32.6 Å². The molecule has 31 heavy (non-hydrogen) atoms. The molecule has 0 bridgehead atoms. The first-order valence-electron chi connectivity index (χ1n) is 10.3. The molecule has 170 valence electrons. The monoisotopic (exact) mass is 438 g/mol. The van der Waals surface area contributed by atoms with Gasteiger partial charge in [0.15, 0.2) is 5.96 Å². The number of hydrogen-bond acceptors (Lipinski definition) is 4. The van der Waals surface area contributed by atoms with Gasteiger partial charge in [0, 0.05) is 18.5 Å². The molecule has 0 saturated carbocycles. The van der Waals surface area contributed by atoms with Crippen LogP contribution in [0.3, 0.4) is 0 Å². The zero-order chi connectivity index (χ0) is 22.6. The van der Waals surface area contributed by atoms with Crippen LogP contribution in [0.5, 0.6) is 0 Å². The van der Waals surface area contributed by atoms with Crippen molar-refractivity contribution in [2.45, 2.75) is 51.9 Å². The number of guanidine groups is 1. The molecule has 1 aromatic carbocycles. The molecule has 6 nitrogen and oxygen atoms in total. The lowest BCUT2D eigenvalue weighted by molar-refractivity contribution is -0.137. The lowest BCUT2D eigenvalue weighted by Crippen LogP contribution is -2.48. The van der Waals surface area contributed by atoms with Crippen molar-refractivity contribution >= 4 is 5.96 Å². The Labute approximate surface area is 180 Å². The number of alkyl halides is 3. The van der Waals surface area contributed by atoms with Gasteiger partial charge in [-0.05, 0) is 24.6 Å². The molecular weight excluding hydrogens is 409 g/mol. The van der Waals surface area contributed by atoms with Gasteiger partial charge < -0.3 is 19.4 Å². The number of halogens is 3. The topological polar surface area (TPSA) is 62.9 Å². The van der Waals surface area contributed by atoms with Crippen molar-refractivity contribution in [3.8, 4) is 0 Å². The van der Waals surface area contributed by atoms with E-state index in [0.29, 0.717) is 43.7 Å². The second-order valence-corrected chi connectivity index (χ2v) is 8.47. The minimum absolute atomic E-state index is 0.137. The molecule has 1 aromatic heterocycles. The standard InChI is InChI=1S/C22H29F3N4O2/c1-5-26-20(28-13-19-27-12-18(31-19)21(2,3)4)29-9-10-30-17(14-29)15-7-6-8-16(11-15)22(23,24)25/h6-8,11-12,17H,5,9-10,13-14H2,1-4H3,(H,26,28). The molecule has 0 radical (unpaired) electrons. The van der Waals surface area contributed by atoms with Gasteiger partial charge in [-0.2, -0.15) is 13.2 Å². The average molecular weight is 438 g/mol. The Bertz CT molecular complexity index is 903. The summed E-state index contributed by atoms with van der Waals surface area (Å²) in [6.45, 7) is 10.4. The summed E-state index contributed by atoms with van der Waals surface area (Å²) in [6, 6.07) is 5.29. The molecule has 1 N–H and O–H groups in total. The van der Waals surface area contributed by atoms with Crippen LogP contribution in [0.4, 0.5) is 13.2 Å². The lowest BCUT2D eigenvalue weighted by atomic mass is 9.94. The number of aliphatic imine (C=N–C) groups is 1. The molecule has 9 heteroatoms. The third-order valence-corrected chi connectivity index (χ3v) is 4.94. The molecule has 1 saturated heterocycles. The average Bonchev–Trinajstić information content (AvgIpc) is 3.20. The molecule has 1 aliphatic heterocycles. The Hall–Kier alpha value is -2.55. The molecule has 3 rings (SSSR count). The molecule has 1 aliphatic rings. The van der Waals surface area contributed by atoms with E-state index < -0.39 is 17.8 Å². The zero-order valence-electron chi connectivity index (χ0n) is 18.3. The van der Waals surface area contributed by atoms with E-state index in [1.54, 1.807) is 12.3 Å². The van der Waals surface area contributed by atoms with E-state index in [-0.39, 0.29) is 12.0 Å². The van der Waals surface area contributed by atoms with E-state index in [0.717, 1.165) is 17.9 Å². The number of aromatic nitrogens is 1. The first-order chi connectivity index (χ1) is 14.6. The molecule has 1 fully saturated rings. The second-order valence-electron chi connectivity index (χ2n) is 8.47. The highest BCUT2D eigenvalue weighted by Gasteiger charge is 2.32. The van der Waals surface area contributed by atoms with Crippen molar-refractivity contribution in [2.24, 2.45) is 4.99 Å². The van der Waals surface area contributed by atoms with E-state index >= 15 is 0 Å². The van der Waals surface area contributed by atoms with Crippen LogP contribution in [0, 0.1) is 0 Å². The number of oxazole rings is 1. The predicted molar refractivity (Wildman–Crippen MR) is 112 cm³/mol. The van der Waals surface area contributed by atoms with Crippen molar-refractivity contribution in [3.05, 3.63) is 53.2 Å². The summed E-state index contributed by atoms with van der Waals surface area (Å²) in [6.07, 6.45) is -3.15. The Morgan fingerprint density at radius 2 is 2.06 bits per heavy atom. The van der Waals surface area contributed by atoms with Gasteiger partial charge in [-0.3, -0.25) is 0 Å². The van der Waals surface area contributed by atoms with Gasteiger partial charge in [-0.25, -0.2) is 9.98 Å². The zero-order valence-corrected chi connectivity index (χ0v) is 18.3. The molecular formula is C22H29F3N4O2. The lowest BCUT2D eigenvalue weighted by Gasteiger charge is -2.35. The van der Waals surface area contributed by atoms with Crippen molar-refractivity contribution in [1.82, 2.24) is 15.2 Å². The van der Waals surface area contributed by atoms with Crippen LogP contribution in [-0.2, 0) is 22.9 Å². The van der Waals surface area contributed by atoms with Gasteiger partial charge in [0.2, 0.25) is 5.89 Å². The number of ether oxygens (including phenoxy) is 1. The fraction of sp³-hybridized carbons (Fsp3) is 0.545. The summed E-state index contributed by atoms with van der Waals surface area (Å²) < 4.78 is 50.8. The maximum absolute atomic E-state index is 13.1. The summed E-state index contributed by atoms with van der Waals surface area (Å²) in [5.74, 6) is 1.96. The smallest absolute Gasteiger partial charge is 0.416 e. The summed E-state index contributed by atoms with van der Waals surface area (Å²) in [5.41, 5.74) is -0.315. The predicted octanol–water partition coefficient (Wildman–Crippen LogP) is 4.53. The molecule has 1 atom stereocenters. The molecule has 0 aliphatic carbocycles. The summed E-state index contributed by atoms with van der Waals surface area (Å²) >= 11 is 0. The largest absolute Gasteiger partial charge is 0.443 e. The molecule has 2 heterocycles. The van der Waals surface area contributed by atoms with Crippen LogP contribution in [0.25, 0.3) is 0 Å². The van der Waals surface area contributed by atoms with Gasteiger partial charge in [-0.1, -0.05) is 32.9 Å². The Kier molecular flexibility index (Phi) is 6.93. The van der Waals surface area contributed by atoms with Crippen molar-refractivity contribution in [2.75, 3.05) is 26.2 Å². The number of nitrogens with zero attached hydrogens (tertiary/aromatic N) is 3. The SMILES string of the molecule is CCNC(=NCc1ncc(C(C)(C)C)o1)N1CCOC(c2cccc(C(F)(F)F)c2)C1. The quantitative estimate of drug-likeness (QED) is 0.561. The highest BCUT2D eigenvalue weighted by atomic mass is 19.4. The number of rotatable bonds is 4. The minimum Gasteiger partial charge on any atom is -0.443 e. The van der Waals surface area contributed by atoms with Crippen LogP contribution < -0.4 is 5.32 Å². The van der Waals surface area contributed by atoms with Crippen LogP contribution in [0.15, 0.2) is 39.9 Å². The Morgan fingerprint density at radius 3 is 2.71 bits per heavy atom. The van der Waals surface area contributed by atoms with Crippen molar-refractivity contribution < 1.29 is 22.3 Å². The minimum atomic E-state index is -4.39. The first-order valence-corrected chi connectivity index (χ1v) is 10.3. The number of morpholine rings is 1. The fourth-order valence-corrected chi connectivity index (χ4v) is 3.26. The highest BCUT2D eigenvalue weighted by molar-refractivity contribution is 5.80. The number of benzene rings is 1. The summed E-state index contributed by atoms with van der Waals surface area (Å²) in [4.78, 5) is 10.9. The molecule has 0 spiro atoms. The van der Waals surface area contributed by atoms with E-state index in [2.05, 4.69) is 15.3 Å². The van der Waals surface area contributed by atoms with E-state index in [9.17, 15) is 13.2 Å². The fourth-order valence-electron chi connectivity index (χ4n) is 3.26. The second kappa shape index (κ2) is 9.30. The molecule has 2 aromatic rings. The van der Waals surface area contributed by atoms with Crippen LogP contribution in [0.1, 0.15) is 56.6 Å². The number of hydrogen-bond donors (Lipinski definition) is 1. The highest BCUT2D eigenvalue weighted by Crippen LogP contribution is 2.32. The van der Waals surface area contributed by atoms with Crippen molar-refractivity contribution in [3.63, 3.8) is 0 Å². The third-order valence-electron chi connectivity index (χ3n) is 4.94. The van der Waals surface area contributed by atoms with Crippen LogP contribution in [0.2, 0.25) is 0 Å². The number of nitrogens with one attached hydrogen (secondary N) is 1. The van der Waals surface area contributed by atoms with Crippen molar-refractivity contribution in [1.29, 1.82) is 0 Å². The van der Waals surface area contributed by atoms with E-state index in [4.69, 9.17) is 9.15 Å². The molecule has 0 amide bonds. The first kappa shape index (κ1) is 23.1. The van der Waals surface area contributed by atoms with Gasteiger partial charge in [0.05, 0.1) is 24.9 Å². The van der Waals surface area contributed by atoms with Crippen LogP contribution in [-0.4, -0.2) is 42.1 Å². The normalized spacial score (nSPS) is 18.4.